The Morgan fingerprint density at radius 1 is 0.509 bits per heavy atom. The summed E-state index contributed by atoms with van der Waals surface area (Å²) in [7, 11) is 7.87. The van der Waals surface area contributed by atoms with Gasteiger partial charge >= 0.3 is 0 Å². The van der Waals surface area contributed by atoms with Crippen molar-refractivity contribution in [3.8, 4) is 39.1 Å². The number of para-hydroxylation sites is 2. The molecule has 2 heterocycles. The van der Waals surface area contributed by atoms with Gasteiger partial charge in [0, 0.05) is 25.9 Å². The van der Waals surface area contributed by atoms with Crippen molar-refractivity contribution in [3.63, 3.8) is 0 Å². The van der Waals surface area contributed by atoms with Gasteiger partial charge in [0.25, 0.3) is 0 Å². The van der Waals surface area contributed by atoms with Gasteiger partial charge in [-0.05, 0) is 108 Å². The molecule has 0 saturated carbocycles. The van der Waals surface area contributed by atoms with Crippen LogP contribution in [0.2, 0.25) is 0 Å². The van der Waals surface area contributed by atoms with Gasteiger partial charge in [-0.1, -0.05) is 121 Å². The van der Waals surface area contributed by atoms with Crippen molar-refractivity contribution in [1.29, 1.82) is 0 Å². The zero-order valence-electron chi connectivity index (χ0n) is 31.3. The van der Waals surface area contributed by atoms with E-state index in [1.807, 2.05) is 39.2 Å². The fraction of sp³-hybridized carbons (Fsp3) is 0.0426. The Hall–Kier alpha value is -5.81. The monoisotopic (exact) mass is 720 g/mol. The molecule has 0 atom stereocenters. The molecular formula is C47H36B4N2OS. The third-order valence-corrected chi connectivity index (χ3v) is 13.0. The minimum absolute atomic E-state index is 0.625. The molecule has 0 aliphatic rings. The van der Waals surface area contributed by atoms with E-state index in [1.54, 1.807) is 0 Å². The van der Waals surface area contributed by atoms with E-state index in [-0.39, 0.29) is 0 Å². The van der Waals surface area contributed by atoms with Crippen LogP contribution < -0.4 is 0 Å². The van der Waals surface area contributed by atoms with Gasteiger partial charge in [0.15, 0.2) is 0 Å². The first-order chi connectivity index (χ1) is 26.7. The Balaban J connectivity index is 1.25. The first-order valence-electron chi connectivity index (χ1n) is 18.9. The lowest BCUT2D eigenvalue weighted by atomic mass is 9.35. The summed E-state index contributed by atoms with van der Waals surface area (Å²) in [5.41, 5.74) is 10.2. The third-order valence-electron chi connectivity index (χ3n) is 11.9. The van der Waals surface area contributed by atoms with Crippen molar-refractivity contribution < 1.29 is 5.11 Å². The highest BCUT2D eigenvalue weighted by molar-refractivity contribution is 7.26. The molecule has 0 spiro atoms. The number of thiophene rings is 1. The van der Waals surface area contributed by atoms with Crippen LogP contribution in [0.3, 0.4) is 0 Å². The Morgan fingerprint density at radius 3 is 1.89 bits per heavy atom. The SMILES string of the molecule is BC(B)(O)C(B)(B)c1nc2ccccc2n1-c1ccc(-c2c3ccccc3c(-c3cccc4sc5ccccc5c34)c3cc(-c4ccccc4)ccc23)cc1. The van der Waals surface area contributed by atoms with Gasteiger partial charge in [-0.2, -0.15) is 0 Å². The van der Waals surface area contributed by atoms with Crippen LogP contribution in [0.15, 0.2) is 164 Å². The standard InChI is InChI=1S/C47H36B4N2OS/c48-46(49,47(50,51)54)45-52-38-17-7-8-18-39(38)53(45)31-24-21-29(22-25-31)42-32-13-4-5-14-33(32)43(37-27-30(23-26-34(37)42)28-11-2-1-3-12-28)36-16-10-20-41-44(36)35-15-6-9-19-40(35)55-41/h1-27,54H,48-51H2. The molecule has 8 aromatic carbocycles. The first-order valence-corrected chi connectivity index (χ1v) is 19.8. The molecule has 0 aliphatic heterocycles. The minimum atomic E-state index is -0.996. The number of rotatable bonds is 6. The number of aromatic nitrogens is 2. The average molecular weight is 720 g/mol. The number of benzene rings is 8. The van der Waals surface area contributed by atoms with Gasteiger partial charge in [-0.25, -0.2) is 4.98 Å². The first kappa shape index (κ1) is 33.7. The van der Waals surface area contributed by atoms with Gasteiger partial charge in [0.2, 0.25) is 0 Å². The van der Waals surface area contributed by atoms with Crippen LogP contribution in [0, 0.1) is 0 Å². The van der Waals surface area contributed by atoms with Crippen molar-refractivity contribution in [2.24, 2.45) is 0 Å². The Labute approximate surface area is 327 Å². The van der Waals surface area contributed by atoms with Crippen LogP contribution in [-0.4, -0.2) is 51.4 Å². The number of hydrogen-bond donors (Lipinski definition) is 1. The van der Waals surface area contributed by atoms with Crippen molar-refractivity contribution in [1.82, 2.24) is 9.55 Å². The molecule has 0 bridgehead atoms. The minimum Gasteiger partial charge on any atom is -0.408 e. The molecule has 8 heteroatoms. The van der Waals surface area contributed by atoms with E-state index in [1.165, 1.54) is 69.5 Å². The second-order valence-corrected chi connectivity index (χ2v) is 16.8. The predicted molar refractivity (Wildman–Crippen MR) is 246 cm³/mol. The van der Waals surface area contributed by atoms with Crippen LogP contribution >= 0.6 is 11.3 Å². The van der Waals surface area contributed by atoms with Crippen molar-refractivity contribution in [2.45, 2.75) is 10.6 Å². The van der Waals surface area contributed by atoms with Crippen LogP contribution in [0.25, 0.3) is 91.8 Å². The molecule has 10 rings (SSSR count). The highest BCUT2D eigenvalue weighted by Gasteiger charge is 2.40. The molecule has 2 aromatic heterocycles. The summed E-state index contributed by atoms with van der Waals surface area (Å²) in [5.74, 6) is 0.831. The molecule has 0 amide bonds. The van der Waals surface area contributed by atoms with Crippen LogP contribution in [-0.2, 0) is 5.21 Å². The smallest absolute Gasteiger partial charge is 0.131 e. The van der Waals surface area contributed by atoms with Gasteiger partial charge < -0.3 is 5.11 Å². The number of nitrogens with zero attached hydrogens (tertiary/aromatic N) is 2. The molecule has 10 aromatic rings. The van der Waals surface area contributed by atoms with E-state index < -0.39 is 10.6 Å². The summed E-state index contributed by atoms with van der Waals surface area (Å²) in [6.45, 7) is 0. The highest BCUT2D eigenvalue weighted by Crippen LogP contribution is 2.48. The quantitative estimate of drug-likeness (QED) is 0.140. The molecule has 3 nitrogen and oxygen atoms in total. The van der Waals surface area contributed by atoms with Crippen LogP contribution in [0.1, 0.15) is 5.82 Å². The summed E-state index contributed by atoms with van der Waals surface area (Å²) in [5, 5.41) is 17.2. The molecule has 1 N–H and O–H groups in total. The molecule has 0 unspecified atom stereocenters. The normalized spacial score (nSPS) is 12.4. The topological polar surface area (TPSA) is 38.1 Å². The second kappa shape index (κ2) is 12.6. The van der Waals surface area contributed by atoms with Gasteiger partial charge in [-0.3, -0.25) is 4.57 Å². The zero-order valence-corrected chi connectivity index (χ0v) is 32.2. The third kappa shape index (κ3) is 5.31. The van der Waals surface area contributed by atoms with Crippen molar-refractivity contribution in [2.75, 3.05) is 0 Å². The maximum atomic E-state index is 11.3. The number of hydrogen-bond acceptors (Lipinski definition) is 3. The fourth-order valence-corrected chi connectivity index (χ4v) is 9.46. The average Bonchev–Trinajstić information content (AvgIpc) is 3.80. The lowest BCUT2D eigenvalue weighted by Gasteiger charge is -2.38. The molecule has 0 aliphatic carbocycles. The summed E-state index contributed by atoms with van der Waals surface area (Å²) in [6.07, 6.45) is 0. The fourth-order valence-electron chi connectivity index (χ4n) is 8.33. The highest BCUT2D eigenvalue weighted by atomic mass is 32.1. The molecule has 258 valence electrons. The second-order valence-electron chi connectivity index (χ2n) is 15.7. The van der Waals surface area contributed by atoms with E-state index >= 15 is 0 Å². The summed E-state index contributed by atoms with van der Waals surface area (Å²) < 4.78 is 4.82. The molecule has 0 radical (unpaired) electrons. The Kier molecular flexibility index (Phi) is 7.74. The lowest BCUT2D eigenvalue weighted by molar-refractivity contribution is 0.189. The van der Waals surface area contributed by atoms with E-state index in [0.717, 1.165) is 28.1 Å². The van der Waals surface area contributed by atoms with E-state index in [0.29, 0.717) is 0 Å². The van der Waals surface area contributed by atoms with Gasteiger partial charge in [0.05, 0.1) is 11.0 Å². The van der Waals surface area contributed by atoms with Gasteiger partial charge in [0.1, 0.15) is 37.2 Å². The summed E-state index contributed by atoms with van der Waals surface area (Å²) in [6, 6.07) is 59.4. The van der Waals surface area contributed by atoms with E-state index in [4.69, 9.17) is 4.98 Å². The van der Waals surface area contributed by atoms with E-state index in [2.05, 4.69) is 172 Å². The van der Waals surface area contributed by atoms with Gasteiger partial charge in [-0.15, -0.1) is 11.3 Å². The molecular weight excluding hydrogens is 684 g/mol. The zero-order chi connectivity index (χ0) is 37.5. The molecule has 55 heavy (non-hydrogen) atoms. The maximum Gasteiger partial charge on any atom is 0.131 e. The Morgan fingerprint density at radius 2 is 1.13 bits per heavy atom. The van der Waals surface area contributed by atoms with Crippen LogP contribution in [0.5, 0.6) is 0 Å². The number of fused-ring (bicyclic) bond motifs is 6. The van der Waals surface area contributed by atoms with Crippen molar-refractivity contribution >= 4 is 95.5 Å². The summed E-state index contributed by atoms with van der Waals surface area (Å²) in [4.78, 5) is 5.10. The number of imidazole rings is 1. The lowest BCUT2D eigenvalue weighted by Crippen LogP contribution is -2.55. The number of aliphatic hydroxyl groups is 1. The molecule has 0 fully saturated rings. The van der Waals surface area contributed by atoms with Crippen LogP contribution in [0.4, 0.5) is 0 Å². The predicted octanol–water partition coefficient (Wildman–Crippen LogP) is 8.03. The molecule has 0 saturated heterocycles. The largest absolute Gasteiger partial charge is 0.408 e. The maximum absolute atomic E-state index is 11.3. The van der Waals surface area contributed by atoms with E-state index in [9.17, 15) is 5.11 Å². The Bertz CT molecular complexity index is 3110. The summed E-state index contributed by atoms with van der Waals surface area (Å²) >= 11 is 1.87. The van der Waals surface area contributed by atoms with Crippen molar-refractivity contribution in [3.05, 3.63) is 170 Å².